The molecule has 0 bridgehead atoms. The number of nitrogens with zero attached hydrogens (tertiary/aromatic N) is 2. The van der Waals surface area contributed by atoms with Crippen LogP contribution in [0.3, 0.4) is 0 Å². The molecule has 0 saturated heterocycles. The third-order valence-electron chi connectivity index (χ3n) is 4.89. The van der Waals surface area contributed by atoms with E-state index in [1.54, 1.807) is 0 Å². The average molecular weight is 336 g/mol. The number of fused-ring (bicyclic) bond motifs is 1. The Morgan fingerprint density at radius 3 is 2.56 bits per heavy atom. The Balaban J connectivity index is 1.67. The van der Waals surface area contributed by atoms with E-state index in [0.29, 0.717) is 12.5 Å². The summed E-state index contributed by atoms with van der Waals surface area (Å²) in [7, 11) is 4.15. The van der Waals surface area contributed by atoms with Crippen LogP contribution in [-0.4, -0.2) is 31.5 Å². The molecule has 0 aliphatic heterocycles. The third kappa shape index (κ3) is 4.40. The molecule has 1 atom stereocenters. The Morgan fingerprint density at radius 1 is 1.12 bits per heavy atom. The van der Waals surface area contributed by atoms with Gasteiger partial charge in [-0.3, -0.25) is 4.99 Å². The van der Waals surface area contributed by atoms with Crippen molar-refractivity contribution in [2.75, 3.05) is 26.0 Å². The molecule has 1 aliphatic carbocycles. The van der Waals surface area contributed by atoms with Gasteiger partial charge >= 0.3 is 0 Å². The molecule has 0 aromatic heterocycles. The lowest BCUT2D eigenvalue weighted by atomic mass is 10.0. The first-order chi connectivity index (χ1) is 12.0. The number of hydrogen-bond donors (Lipinski definition) is 2. The number of nitrogens with one attached hydrogen (secondary N) is 1. The molecular formula is C21H28N4. The van der Waals surface area contributed by atoms with Gasteiger partial charge < -0.3 is 16.0 Å². The molecule has 0 spiro atoms. The van der Waals surface area contributed by atoms with Crippen molar-refractivity contribution in [1.29, 1.82) is 0 Å². The van der Waals surface area contributed by atoms with Crippen molar-refractivity contribution in [1.82, 2.24) is 4.90 Å². The van der Waals surface area contributed by atoms with Gasteiger partial charge in [-0.05, 0) is 69.1 Å². The maximum atomic E-state index is 6.12. The zero-order valence-corrected chi connectivity index (χ0v) is 15.4. The van der Waals surface area contributed by atoms with E-state index < -0.39 is 0 Å². The first-order valence-electron chi connectivity index (χ1n) is 8.94. The van der Waals surface area contributed by atoms with Gasteiger partial charge in [0.1, 0.15) is 0 Å². The molecule has 2 aromatic carbocycles. The van der Waals surface area contributed by atoms with Crippen LogP contribution in [0, 0.1) is 6.92 Å². The van der Waals surface area contributed by atoms with E-state index in [9.17, 15) is 0 Å². The normalized spacial score (nSPS) is 15.3. The van der Waals surface area contributed by atoms with Gasteiger partial charge in [-0.2, -0.15) is 0 Å². The van der Waals surface area contributed by atoms with E-state index in [0.717, 1.165) is 12.1 Å². The Bertz CT molecular complexity index is 747. The highest BCUT2D eigenvalue weighted by Gasteiger charge is 2.14. The van der Waals surface area contributed by atoms with Crippen molar-refractivity contribution >= 4 is 11.6 Å². The smallest absolute Gasteiger partial charge is 0.193 e. The third-order valence-corrected chi connectivity index (χ3v) is 4.89. The largest absolute Gasteiger partial charge is 0.370 e. The highest BCUT2D eigenvalue weighted by molar-refractivity contribution is 5.92. The number of nitrogens with two attached hydrogens (primary N) is 1. The molecular weight excluding hydrogens is 308 g/mol. The predicted octanol–water partition coefficient (Wildman–Crippen LogP) is 3.51. The Morgan fingerprint density at radius 2 is 1.84 bits per heavy atom. The molecule has 132 valence electrons. The Hall–Kier alpha value is -2.33. The fourth-order valence-corrected chi connectivity index (χ4v) is 3.38. The molecule has 0 amide bonds. The van der Waals surface area contributed by atoms with Crippen molar-refractivity contribution < 1.29 is 0 Å². The molecule has 4 nitrogen and oxygen atoms in total. The van der Waals surface area contributed by atoms with Crippen molar-refractivity contribution in [2.24, 2.45) is 10.7 Å². The Labute approximate surface area is 150 Å². The SMILES string of the molecule is Cc1ccc(C(CN=C(N)Nc2ccc3c(c2)CCC3)N(C)C)cc1. The molecule has 4 heteroatoms. The molecule has 0 heterocycles. The lowest BCUT2D eigenvalue weighted by molar-refractivity contribution is 0.306. The van der Waals surface area contributed by atoms with Gasteiger partial charge in [0.25, 0.3) is 0 Å². The summed E-state index contributed by atoms with van der Waals surface area (Å²) in [6.07, 6.45) is 3.61. The number of aliphatic imine (C=N–C) groups is 1. The summed E-state index contributed by atoms with van der Waals surface area (Å²) in [6, 6.07) is 15.3. The molecule has 0 fully saturated rings. The summed E-state index contributed by atoms with van der Waals surface area (Å²) < 4.78 is 0. The lowest BCUT2D eigenvalue weighted by Gasteiger charge is -2.23. The first-order valence-corrected chi connectivity index (χ1v) is 8.94. The highest BCUT2D eigenvalue weighted by Crippen LogP contribution is 2.25. The minimum Gasteiger partial charge on any atom is -0.370 e. The summed E-state index contributed by atoms with van der Waals surface area (Å²) in [5, 5.41) is 3.24. The lowest BCUT2D eigenvalue weighted by Crippen LogP contribution is -2.27. The highest BCUT2D eigenvalue weighted by atomic mass is 15.1. The van der Waals surface area contributed by atoms with Gasteiger partial charge in [0, 0.05) is 5.69 Å². The fourth-order valence-electron chi connectivity index (χ4n) is 3.38. The fraction of sp³-hybridized carbons (Fsp3) is 0.381. The van der Waals surface area contributed by atoms with Crippen LogP contribution >= 0.6 is 0 Å². The van der Waals surface area contributed by atoms with E-state index in [4.69, 9.17) is 5.73 Å². The maximum absolute atomic E-state index is 6.12. The van der Waals surface area contributed by atoms with E-state index in [1.807, 2.05) is 0 Å². The predicted molar refractivity (Wildman–Crippen MR) is 106 cm³/mol. The van der Waals surface area contributed by atoms with Gasteiger partial charge in [-0.1, -0.05) is 35.9 Å². The van der Waals surface area contributed by atoms with Crippen LogP contribution in [0.4, 0.5) is 5.69 Å². The van der Waals surface area contributed by atoms with Crippen molar-refractivity contribution in [3.05, 3.63) is 64.7 Å². The van der Waals surface area contributed by atoms with Crippen LogP contribution in [-0.2, 0) is 12.8 Å². The second-order valence-electron chi connectivity index (χ2n) is 7.08. The molecule has 0 saturated carbocycles. The minimum absolute atomic E-state index is 0.209. The molecule has 3 N–H and O–H groups in total. The van der Waals surface area contributed by atoms with Crippen molar-refractivity contribution in [3.8, 4) is 0 Å². The molecule has 1 aliphatic rings. The van der Waals surface area contributed by atoms with E-state index in [-0.39, 0.29) is 6.04 Å². The van der Waals surface area contributed by atoms with Crippen LogP contribution in [0.15, 0.2) is 47.5 Å². The number of hydrogen-bond acceptors (Lipinski definition) is 2. The van der Waals surface area contributed by atoms with Crippen molar-refractivity contribution in [2.45, 2.75) is 32.2 Å². The van der Waals surface area contributed by atoms with Crippen LogP contribution in [0.25, 0.3) is 0 Å². The van der Waals surface area contributed by atoms with Gasteiger partial charge in [0.05, 0.1) is 12.6 Å². The summed E-state index contributed by atoms with van der Waals surface area (Å²) >= 11 is 0. The van der Waals surface area contributed by atoms with E-state index in [2.05, 4.69) is 78.7 Å². The maximum Gasteiger partial charge on any atom is 0.193 e. The van der Waals surface area contributed by atoms with Crippen LogP contribution < -0.4 is 11.1 Å². The first kappa shape index (κ1) is 17.5. The number of guanidine groups is 1. The van der Waals surface area contributed by atoms with E-state index in [1.165, 1.54) is 35.1 Å². The summed E-state index contributed by atoms with van der Waals surface area (Å²) in [4.78, 5) is 6.75. The molecule has 25 heavy (non-hydrogen) atoms. The van der Waals surface area contributed by atoms with E-state index >= 15 is 0 Å². The number of anilines is 1. The van der Waals surface area contributed by atoms with Crippen LogP contribution in [0.1, 0.15) is 34.7 Å². The number of aryl methyl sites for hydroxylation is 3. The van der Waals surface area contributed by atoms with Crippen LogP contribution in [0.2, 0.25) is 0 Å². The molecule has 0 radical (unpaired) electrons. The summed E-state index contributed by atoms with van der Waals surface area (Å²) in [6.45, 7) is 2.73. The van der Waals surface area contributed by atoms with Crippen molar-refractivity contribution in [3.63, 3.8) is 0 Å². The van der Waals surface area contributed by atoms with Gasteiger partial charge in [-0.25, -0.2) is 0 Å². The zero-order valence-electron chi connectivity index (χ0n) is 15.4. The molecule has 1 unspecified atom stereocenters. The quantitative estimate of drug-likeness (QED) is 0.649. The number of benzene rings is 2. The second kappa shape index (κ2) is 7.70. The van der Waals surface area contributed by atoms with Crippen LogP contribution in [0.5, 0.6) is 0 Å². The van der Waals surface area contributed by atoms with Gasteiger partial charge in [-0.15, -0.1) is 0 Å². The monoisotopic (exact) mass is 336 g/mol. The molecule has 2 aromatic rings. The standard InChI is InChI=1S/C21H28N4/c1-15-7-9-17(10-8-15)20(25(2)3)14-23-21(22)24-19-12-11-16-5-4-6-18(16)13-19/h7-13,20H,4-6,14H2,1-3H3,(H3,22,23,24). The zero-order chi connectivity index (χ0) is 17.8. The summed E-state index contributed by atoms with van der Waals surface area (Å²) in [5.74, 6) is 0.469. The topological polar surface area (TPSA) is 53.6 Å². The molecule has 3 rings (SSSR count). The van der Waals surface area contributed by atoms with Gasteiger partial charge in [0.15, 0.2) is 5.96 Å². The number of rotatable bonds is 5. The summed E-state index contributed by atoms with van der Waals surface area (Å²) in [5.41, 5.74) is 12.6. The second-order valence-corrected chi connectivity index (χ2v) is 7.08. The average Bonchev–Trinajstić information content (AvgIpc) is 3.04. The van der Waals surface area contributed by atoms with Gasteiger partial charge in [0.2, 0.25) is 0 Å². The Kier molecular flexibility index (Phi) is 5.39. The minimum atomic E-state index is 0.209. The number of likely N-dealkylation sites (N-methyl/N-ethyl adjacent to an activating group) is 1.